The third-order valence-electron chi connectivity index (χ3n) is 2.80. The Bertz CT molecular complexity index is 272. The minimum atomic E-state index is -0.474. The number of piperidine rings is 1. The van der Waals surface area contributed by atoms with E-state index in [2.05, 4.69) is 10.1 Å². The maximum Gasteiger partial charge on any atom is 0.150 e. The maximum absolute atomic E-state index is 9.76. The van der Waals surface area contributed by atoms with Gasteiger partial charge < -0.3 is 9.63 Å². The van der Waals surface area contributed by atoms with Gasteiger partial charge in [-0.05, 0) is 19.8 Å². The van der Waals surface area contributed by atoms with Crippen LogP contribution >= 0.6 is 0 Å². The average Bonchev–Trinajstić information content (AvgIpc) is 2.61. The lowest BCUT2D eigenvalue weighted by Crippen LogP contribution is -2.41. The van der Waals surface area contributed by atoms with Gasteiger partial charge in [-0.2, -0.15) is 0 Å². The number of hydrogen-bond acceptors (Lipinski definition) is 4. The van der Waals surface area contributed by atoms with Crippen molar-refractivity contribution in [3.05, 3.63) is 18.0 Å². The van der Waals surface area contributed by atoms with E-state index in [9.17, 15) is 5.11 Å². The van der Waals surface area contributed by atoms with Gasteiger partial charge in [0, 0.05) is 19.2 Å². The predicted octanol–water partition coefficient (Wildman–Crippen LogP) is 1.02. The van der Waals surface area contributed by atoms with Crippen LogP contribution in [0.3, 0.4) is 0 Å². The molecule has 1 aliphatic heterocycles. The molecule has 0 saturated carbocycles. The molecule has 14 heavy (non-hydrogen) atoms. The molecular weight excluding hydrogens is 180 g/mol. The van der Waals surface area contributed by atoms with E-state index in [-0.39, 0.29) is 0 Å². The van der Waals surface area contributed by atoms with Gasteiger partial charge in [0.15, 0.2) is 5.76 Å². The van der Waals surface area contributed by atoms with Gasteiger partial charge in [0.25, 0.3) is 0 Å². The van der Waals surface area contributed by atoms with E-state index in [1.807, 2.05) is 13.0 Å². The Balaban J connectivity index is 1.85. The van der Waals surface area contributed by atoms with Gasteiger partial charge >= 0.3 is 0 Å². The molecule has 2 rings (SSSR count). The lowest BCUT2D eigenvalue weighted by atomic mass is 9.94. The highest BCUT2D eigenvalue weighted by molar-refractivity contribution is 4.94. The smallest absolute Gasteiger partial charge is 0.150 e. The average molecular weight is 196 g/mol. The van der Waals surface area contributed by atoms with E-state index >= 15 is 0 Å². The number of likely N-dealkylation sites (tertiary alicyclic amines) is 1. The first-order valence-electron chi connectivity index (χ1n) is 5.00. The van der Waals surface area contributed by atoms with Crippen molar-refractivity contribution in [3.63, 3.8) is 0 Å². The van der Waals surface area contributed by atoms with E-state index in [1.54, 1.807) is 6.20 Å². The normalized spacial score (nSPS) is 22.4. The Morgan fingerprint density at radius 3 is 2.86 bits per heavy atom. The van der Waals surface area contributed by atoms with Crippen LogP contribution in [0.2, 0.25) is 0 Å². The summed E-state index contributed by atoms with van der Waals surface area (Å²) < 4.78 is 5.03. The van der Waals surface area contributed by atoms with Crippen molar-refractivity contribution >= 4 is 0 Å². The van der Waals surface area contributed by atoms with E-state index < -0.39 is 5.60 Å². The molecule has 0 aliphatic carbocycles. The lowest BCUT2D eigenvalue weighted by Gasteiger charge is -2.35. The predicted molar refractivity (Wildman–Crippen MR) is 51.6 cm³/mol. The van der Waals surface area contributed by atoms with Gasteiger partial charge in [-0.3, -0.25) is 4.90 Å². The monoisotopic (exact) mass is 196 g/mol. The summed E-state index contributed by atoms with van der Waals surface area (Å²) in [6, 6.07) is 1.88. The number of nitrogens with zero attached hydrogens (tertiary/aromatic N) is 2. The molecule has 4 heteroatoms. The van der Waals surface area contributed by atoms with Gasteiger partial charge in [0.1, 0.15) is 0 Å². The Morgan fingerprint density at radius 2 is 2.29 bits per heavy atom. The van der Waals surface area contributed by atoms with Crippen molar-refractivity contribution in [3.8, 4) is 0 Å². The molecule has 78 valence electrons. The van der Waals surface area contributed by atoms with Crippen LogP contribution in [0.25, 0.3) is 0 Å². The summed E-state index contributed by atoms with van der Waals surface area (Å²) in [4.78, 5) is 2.28. The van der Waals surface area contributed by atoms with Crippen molar-refractivity contribution in [2.45, 2.75) is 31.9 Å². The van der Waals surface area contributed by atoms with E-state index in [0.29, 0.717) is 0 Å². The fourth-order valence-electron chi connectivity index (χ4n) is 1.74. The number of aliphatic hydroxyl groups is 1. The first-order valence-corrected chi connectivity index (χ1v) is 5.00. The van der Waals surface area contributed by atoms with Crippen LogP contribution in [0, 0.1) is 0 Å². The van der Waals surface area contributed by atoms with Crippen LogP contribution in [0.5, 0.6) is 0 Å². The molecule has 0 atom stereocenters. The first kappa shape index (κ1) is 9.68. The molecule has 1 fully saturated rings. The molecule has 1 aliphatic rings. The van der Waals surface area contributed by atoms with Gasteiger partial charge in [0.2, 0.25) is 0 Å². The van der Waals surface area contributed by atoms with Crippen LogP contribution in [0.1, 0.15) is 25.5 Å². The third-order valence-corrected chi connectivity index (χ3v) is 2.80. The molecule has 0 radical (unpaired) electrons. The van der Waals surface area contributed by atoms with E-state index in [0.717, 1.165) is 38.2 Å². The molecule has 1 aromatic rings. The van der Waals surface area contributed by atoms with Gasteiger partial charge in [-0.25, -0.2) is 0 Å². The van der Waals surface area contributed by atoms with Gasteiger partial charge in [0.05, 0.1) is 18.3 Å². The quantitative estimate of drug-likeness (QED) is 0.767. The summed E-state index contributed by atoms with van der Waals surface area (Å²) in [5.74, 6) is 0.895. The van der Waals surface area contributed by atoms with Crippen molar-refractivity contribution < 1.29 is 9.63 Å². The molecule has 4 nitrogen and oxygen atoms in total. The van der Waals surface area contributed by atoms with E-state index in [4.69, 9.17) is 4.52 Å². The molecule has 0 aromatic carbocycles. The summed E-state index contributed by atoms with van der Waals surface area (Å²) in [7, 11) is 0. The molecule has 1 saturated heterocycles. The summed E-state index contributed by atoms with van der Waals surface area (Å²) in [6.07, 6.45) is 3.33. The standard InChI is InChI=1S/C10H16N2O2/c1-10(13)3-6-12(7-4-10)8-9-2-5-11-14-9/h2,5,13H,3-4,6-8H2,1H3. The molecule has 0 amide bonds. The lowest BCUT2D eigenvalue weighted by molar-refractivity contribution is -0.00905. The van der Waals surface area contributed by atoms with Crippen molar-refractivity contribution in [1.29, 1.82) is 0 Å². The Kier molecular flexibility index (Phi) is 2.56. The number of hydrogen-bond donors (Lipinski definition) is 1. The van der Waals surface area contributed by atoms with Gasteiger partial charge in [-0.1, -0.05) is 5.16 Å². The zero-order valence-corrected chi connectivity index (χ0v) is 8.44. The molecule has 2 heterocycles. The topological polar surface area (TPSA) is 49.5 Å². The van der Waals surface area contributed by atoms with Crippen LogP contribution in [-0.2, 0) is 6.54 Å². The second-order valence-corrected chi connectivity index (χ2v) is 4.25. The van der Waals surface area contributed by atoms with E-state index in [1.165, 1.54) is 0 Å². The molecule has 0 spiro atoms. The largest absolute Gasteiger partial charge is 0.390 e. The number of aromatic nitrogens is 1. The first-order chi connectivity index (χ1) is 6.66. The SMILES string of the molecule is CC1(O)CCN(Cc2ccno2)CC1. The highest BCUT2D eigenvalue weighted by Crippen LogP contribution is 2.22. The molecular formula is C10H16N2O2. The third kappa shape index (κ3) is 2.33. The molecule has 1 aromatic heterocycles. The zero-order valence-electron chi connectivity index (χ0n) is 8.44. The van der Waals surface area contributed by atoms with Crippen LogP contribution in [0.4, 0.5) is 0 Å². The molecule has 1 N–H and O–H groups in total. The fraction of sp³-hybridized carbons (Fsp3) is 0.700. The highest BCUT2D eigenvalue weighted by Gasteiger charge is 2.27. The van der Waals surface area contributed by atoms with Crippen LogP contribution in [0.15, 0.2) is 16.8 Å². The zero-order chi connectivity index (χ0) is 10.0. The number of rotatable bonds is 2. The van der Waals surface area contributed by atoms with Gasteiger partial charge in [-0.15, -0.1) is 0 Å². The van der Waals surface area contributed by atoms with Crippen LogP contribution in [-0.4, -0.2) is 33.9 Å². The molecule has 0 bridgehead atoms. The van der Waals surface area contributed by atoms with Crippen molar-refractivity contribution in [2.24, 2.45) is 0 Å². The summed E-state index contributed by atoms with van der Waals surface area (Å²) in [5.41, 5.74) is -0.474. The Hall–Kier alpha value is -0.870. The van der Waals surface area contributed by atoms with Crippen molar-refractivity contribution in [2.75, 3.05) is 13.1 Å². The Labute approximate surface area is 83.5 Å². The summed E-state index contributed by atoms with van der Waals surface area (Å²) >= 11 is 0. The molecule has 0 unspecified atom stereocenters. The fourth-order valence-corrected chi connectivity index (χ4v) is 1.74. The second-order valence-electron chi connectivity index (χ2n) is 4.25. The highest BCUT2D eigenvalue weighted by atomic mass is 16.5. The van der Waals surface area contributed by atoms with Crippen LogP contribution < -0.4 is 0 Å². The summed E-state index contributed by atoms with van der Waals surface area (Å²) in [5, 5.41) is 13.4. The summed E-state index contributed by atoms with van der Waals surface area (Å²) in [6.45, 7) is 4.55. The minimum Gasteiger partial charge on any atom is -0.390 e. The maximum atomic E-state index is 9.76. The second kappa shape index (κ2) is 3.71. The Morgan fingerprint density at radius 1 is 1.57 bits per heavy atom. The minimum absolute atomic E-state index is 0.474. The van der Waals surface area contributed by atoms with Crippen molar-refractivity contribution in [1.82, 2.24) is 10.1 Å².